The summed E-state index contributed by atoms with van der Waals surface area (Å²) >= 11 is 13.4. The molecule has 0 atom stereocenters. The van der Waals surface area contributed by atoms with E-state index in [1.165, 1.54) is 0 Å². The standard InChI is InChI=1S/C20H18Cl2N2O2S/c21-15-5-8-19(18(22)13-15)26-10-1-2-17(25)12-14-3-6-16(7-4-14)24-20-23-9-11-27-20/h3-9,11,13H,1-2,10,12H2,(H,23,24). The third-order valence-electron chi connectivity index (χ3n) is 3.79. The Kier molecular flexibility index (Phi) is 7.10. The van der Waals surface area contributed by atoms with Gasteiger partial charge in [-0.25, -0.2) is 4.98 Å². The van der Waals surface area contributed by atoms with Crippen LogP contribution in [0.15, 0.2) is 54.0 Å². The number of nitrogens with zero attached hydrogens (tertiary/aromatic N) is 1. The summed E-state index contributed by atoms with van der Waals surface area (Å²) in [7, 11) is 0. The number of halogens is 2. The molecule has 140 valence electrons. The lowest BCUT2D eigenvalue weighted by Gasteiger charge is -2.08. The van der Waals surface area contributed by atoms with Gasteiger partial charge >= 0.3 is 0 Å². The first kappa shape index (κ1) is 19.7. The smallest absolute Gasteiger partial charge is 0.187 e. The SMILES string of the molecule is O=C(CCCOc1ccc(Cl)cc1Cl)Cc1ccc(Nc2nccs2)cc1. The van der Waals surface area contributed by atoms with Gasteiger partial charge in [-0.1, -0.05) is 35.3 Å². The maximum Gasteiger partial charge on any atom is 0.187 e. The highest BCUT2D eigenvalue weighted by atomic mass is 35.5. The second kappa shape index (κ2) is 9.74. The number of thiazole rings is 1. The molecule has 1 N–H and O–H groups in total. The summed E-state index contributed by atoms with van der Waals surface area (Å²) in [6, 6.07) is 12.9. The molecule has 1 heterocycles. The molecule has 0 saturated heterocycles. The van der Waals surface area contributed by atoms with Gasteiger partial charge in [0.2, 0.25) is 0 Å². The van der Waals surface area contributed by atoms with Gasteiger partial charge in [-0.15, -0.1) is 11.3 Å². The number of carbonyl (C=O) groups is 1. The number of ketones is 1. The van der Waals surface area contributed by atoms with Crippen molar-refractivity contribution in [2.24, 2.45) is 0 Å². The third-order valence-corrected chi connectivity index (χ3v) is 5.01. The summed E-state index contributed by atoms with van der Waals surface area (Å²) in [4.78, 5) is 16.3. The third kappa shape index (κ3) is 6.24. The van der Waals surface area contributed by atoms with Crippen LogP contribution in [-0.4, -0.2) is 17.4 Å². The maximum atomic E-state index is 12.2. The molecule has 1 aromatic heterocycles. The van der Waals surface area contributed by atoms with Crippen molar-refractivity contribution in [2.45, 2.75) is 19.3 Å². The number of hydrogen-bond acceptors (Lipinski definition) is 5. The molecule has 0 bridgehead atoms. The van der Waals surface area contributed by atoms with E-state index in [0.717, 1.165) is 16.4 Å². The van der Waals surface area contributed by atoms with E-state index >= 15 is 0 Å². The van der Waals surface area contributed by atoms with Crippen molar-refractivity contribution in [2.75, 3.05) is 11.9 Å². The largest absolute Gasteiger partial charge is 0.492 e. The number of anilines is 2. The second-order valence-electron chi connectivity index (χ2n) is 5.90. The van der Waals surface area contributed by atoms with E-state index in [9.17, 15) is 4.79 Å². The van der Waals surface area contributed by atoms with Gasteiger partial charge in [0, 0.05) is 35.1 Å². The van der Waals surface area contributed by atoms with Crippen LogP contribution in [0.1, 0.15) is 18.4 Å². The molecule has 2 aromatic carbocycles. The van der Waals surface area contributed by atoms with Gasteiger partial charge in [-0.3, -0.25) is 4.79 Å². The topological polar surface area (TPSA) is 51.2 Å². The van der Waals surface area contributed by atoms with Crippen molar-refractivity contribution < 1.29 is 9.53 Å². The summed E-state index contributed by atoms with van der Waals surface area (Å²) in [5.74, 6) is 0.762. The van der Waals surface area contributed by atoms with Gasteiger partial charge in [-0.2, -0.15) is 0 Å². The number of aromatic nitrogens is 1. The molecule has 7 heteroatoms. The van der Waals surface area contributed by atoms with Gasteiger partial charge in [0.25, 0.3) is 0 Å². The first-order valence-corrected chi connectivity index (χ1v) is 10.1. The van der Waals surface area contributed by atoms with E-state index in [0.29, 0.717) is 41.7 Å². The van der Waals surface area contributed by atoms with Crippen molar-refractivity contribution in [3.63, 3.8) is 0 Å². The number of Topliss-reactive ketones (excluding diaryl/α,β-unsaturated/α-hetero) is 1. The number of benzene rings is 2. The van der Waals surface area contributed by atoms with E-state index in [-0.39, 0.29) is 5.78 Å². The van der Waals surface area contributed by atoms with Crippen molar-refractivity contribution in [3.8, 4) is 5.75 Å². The molecule has 0 aliphatic heterocycles. The molecular weight excluding hydrogens is 403 g/mol. The van der Waals surface area contributed by atoms with Gasteiger partial charge in [0.15, 0.2) is 5.13 Å². The molecule has 0 amide bonds. The summed E-state index contributed by atoms with van der Waals surface area (Å²) in [5.41, 5.74) is 1.95. The Labute approximate surface area is 172 Å². The molecule has 0 radical (unpaired) electrons. The minimum Gasteiger partial charge on any atom is -0.492 e. The lowest BCUT2D eigenvalue weighted by Crippen LogP contribution is -2.06. The molecule has 3 aromatic rings. The van der Waals surface area contributed by atoms with E-state index in [1.807, 2.05) is 29.6 Å². The van der Waals surface area contributed by atoms with Crippen LogP contribution in [-0.2, 0) is 11.2 Å². The van der Waals surface area contributed by atoms with Crippen molar-refractivity contribution in [3.05, 3.63) is 69.7 Å². The predicted molar refractivity (Wildman–Crippen MR) is 112 cm³/mol. The zero-order valence-corrected chi connectivity index (χ0v) is 16.8. The molecule has 0 fully saturated rings. The molecular formula is C20H18Cl2N2O2S. The summed E-state index contributed by atoms with van der Waals surface area (Å²) < 4.78 is 5.60. The summed E-state index contributed by atoms with van der Waals surface area (Å²) in [6.07, 6.45) is 3.27. The Morgan fingerprint density at radius 3 is 2.67 bits per heavy atom. The number of ether oxygens (including phenoxy) is 1. The van der Waals surface area contributed by atoms with Crippen LogP contribution in [0.5, 0.6) is 5.75 Å². The zero-order valence-electron chi connectivity index (χ0n) is 14.5. The highest BCUT2D eigenvalue weighted by molar-refractivity contribution is 7.13. The van der Waals surface area contributed by atoms with Crippen LogP contribution in [0.25, 0.3) is 0 Å². The number of carbonyl (C=O) groups excluding carboxylic acids is 1. The molecule has 0 unspecified atom stereocenters. The quantitative estimate of drug-likeness (QED) is 0.420. The Morgan fingerprint density at radius 2 is 1.96 bits per heavy atom. The van der Waals surface area contributed by atoms with Crippen LogP contribution in [0.2, 0.25) is 10.0 Å². The lowest BCUT2D eigenvalue weighted by atomic mass is 10.1. The highest BCUT2D eigenvalue weighted by Crippen LogP contribution is 2.27. The number of nitrogens with one attached hydrogen (secondary N) is 1. The molecule has 0 spiro atoms. The minimum absolute atomic E-state index is 0.182. The average Bonchev–Trinajstić information content (AvgIpc) is 3.15. The van der Waals surface area contributed by atoms with E-state index in [2.05, 4.69) is 10.3 Å². The monoisotopic (exact) mass is 420 g/mol. The van der Waals surface area contributed by atoms with Gasteiger partial charge in [0.1, 0.15) is 11.5 Å². The fourth-order valence-corrected chi connectivity index (χ4v) is 3.49. The van der Waals surface area contributed by atoms with E-state index in [1.54, 1.807) is 35.7 Å². The van der Waals surface area contributed by atoms with Crippen LogP contribution in [0.4, 0.5) is 10.8 Å². The fourth-order valence-electron chi connectivity index (χ4n) is 2.47. The van der Waals surface area contributed by atoms with Crippen molar-refractivity contribution in [1.29, 1.82) is 0 Å². The summed E-state index contributed by atoms with van der Waals surface area (Å²) in [6.45, 7) is 0.434. The van der Waals surface area contributed by atoms with E-state index in [4.69, 9.17) is 27.9 Å². The number of hydrogen-bond donors (Lipinski definition) is 1. The number of rotatable bonds is 9. The normalized spacial score (nSPS) is 10.6. The highest BCUT2D eigenvalue weighted by Gasteiger charge is 2.06. The zero-order chi connectivity index (χ0) is 19.1. The molecule has 0 aliphatic rings. The average molecular weight is 421 g/mol. The van der Waals surface area contributed by atoms with E-state index < -0.39 is 0 Å². The maximum absolute atomic E-state index is 12.2. The molecule has 0 saturated carbocycles. The first-order valence-electron chi connectivity index (χ1n) is 8.45. The Morgan fingerprint density at radius 1 is 1.15 bits per heavy atom. The van der Waals surface area contributed by atoms with Crippen LogP contribution >= 0.6 is 34.5 Å². The first-order chi connectivity index (χ1) is 13.1. The van der Waals surface area contributed by atoms with Crippen LogP contribution in [0.3, 0.4) is 0 Å². The minimum atomic E-state index is 0.182. The Balaban J connectivity index is 1.40. The Hall–Kier alpha value is -2.08. The summed E-state index contributed by atoms with van der Waals surface area (Å²) in [5, 5.41) is 7.02. The molecule has 3 rings (SSSR count). The van der Waals surface area contributed by atoms with Gasteiger partial charge < -0.3 is 10.1 Å². The van der Waals surface area contributed by atoms with Crippen LogP contribution < -0.4 is 10.1 Å². The lowest BCUT2D eigenvalue weighted by molar-refractivity contribution is -0.118. The molecule has 0 aliphatic carbocycles. The van der Waals surface area contributed by atoms with Crippen LogP contribution in [0, 0.1) is 0 Å². The Bertz CT molecular complexity index is 884. The van der Waals surface area contributed by atoms with Crippen molar-refractivity contribution in [1.82, 2.24) is 4.98 Å². The predicted octanol–water partition coefficient (Wildman–Crippen LogP) is 6.16. The molecule has 4 nitrogen and oxygen atoms in total. The fraction of sp³-hybridized carbons (Fsp3) is 0.200. The van der Waals surface area contributed by atoms with Gasteiger partial charge in [0.05, 0.1) is 11.6 Å². The van der Waals surface area contributed by atoms with Gasteiger partial charge in [-0.05, 0) is 42.3 Å². The van der Waals surface area contributed by atoms with Crippen molar-refractivity contribution >= 4 is 51.1 Å². The molecule has 27 heavy (non-hydrogen) atoms. The second-order valence-corrected chi connectivity index (χ2v) is 7.64.